The highest BCUT2D eigenvalue weighted by Gasteiger charge is 2.31. The third-order valence-electron chi connectivity index (χ3n) is 4.07. The van der Waals surface area contributed by atoms with Gasteiger partial charge in [0.25, 0.3) is 0 Å². The summed E-state index contributed by atoms with van der Waals surface area (Å²) in [7, 11) is 0. The van der Waals surface area contributed by atoms with E-state index < -0.39 is 5.97 Å². The molecule has 2 aliphatic rings. The Bertz CT molecular complexity index is 484. The van der Waals surface area contributed by atoms with Crippen LogP contribution in [0.25, 0.3) is 0 Å². The maximum Gasteiger partial charge on any atom is 0.306 e. The predicted molar refractivity (Wildman–Crippen MR) is 75.1 cm³/mol. The fourth-order valence-electron chi connectivity index (χ4n) is 2.69. The fourth-order valence-corrected chi connectivity index (χ4v) is 2.94. The van der Waals surface area contributed by atoms with Gasteiger partial charge >= 0.3 is 5.97 Å². The Morgan fingerprint density at radius 3 is 2.60 bits per heavy atom. The highest BCUT2D eigenvalue weighted by molar-refractivity contribution is 6.23. The minimum atomic E-state index is -0.712. The van der Waals surface area contributed by atoms with E-state index >= 15 is 0 Å². The summed E-state index contributed by atoms with van der Waals surface area (Å²) in [5.41, 5.74) is 0.557. The molecule has 0 spiro atoms. The number of aliphatic carboxylic acids is 1. The first-order valence-electron chi connectivity index (χ1n) is 6.88. The first kappa shape index (κ1) is 14.9. The quantitative estimate of drug-likeness (QED) is 0.811. The molecule has 0 aromatic carbocycles. The molecule has 0 bridgehead atoms. The Morgan fingerprint density at radius 1 is 1.40 bits per heavy atom. The Morgan fingerprint density at radius 2 is 2.05 bits per heavy atom. The van der Waals surface area contributed by atoms with Crippen LogP contribution in [0, 0.1) is 23.2 Å². The molecule has 2 unspecified atom stereocenters. The van der Waals surface area contributed by atoms with Crippen molar-refractivity contribution in [2.75, 3.05) is 0 Å². The van der Waals surface area contributed by atoms with Gasteiger partial charge in [0.1, 0.15) is 5.76 Å². The van der Waals surface area contributed by atoms with E-state index in [1.54, 1.807) is 6.08 Å². The Labute approximate surface area is 123 Å². The van der Waals surface area contributed by atoms with Gasteiger partial charge in [0.05, 0.1) is 23.5 Å². The van der Waals surface area contributed by atoms with Gasteiger partial charge in [-0.3, -0.25) is 4.79 Å². The lowest BCUT2D eigenvalue weighted by Gasteiger charge is -2.31. The molecule has 0 aromatic heterocycles. The molecule has 0 radical (unpaired) electrons. The Hall–Kier alpha value is -1.47. The van der Waals surface area contributed by atoms with Crippen molar-refractivity contribution < 1.29 is 14.6 Å². The van der Waals surface area contributed by atoms with Crippen molar-refractivity contribution in [3.8, 4) is 6.07 Å². The van der Waals surface area contributed by atoms with E-state index in [-0.39, 0.29) is 23.3 Å². The standard InChI is InChI=1S/C15H18ClNO3/c1-9-13(7-4-11(8-17)14(9)16)20-12-5-2-10(3-6-12)15(18)19/h4,7,9-10,12,14H,2-3,5-6H2,1H3,(H,18,19)/t9?,10-,12-,14?. The fraction of sp³-hybridized carbons (Fsp3) is 0.600. The molecule has 0 aromatic rings. The van der Waals surface area contributed by atoms with Crippen LogP contribution in [0.15, 0.2) is 23.5 Å². The highest BCUT2D eigenvalue weighted by Crippen LogP contribution is 2.34. The minimum absolute atomic E-state index is 0.0338. The van der Waals surface area contributed by atoms with E-state index in [0.29, 0.717) is 18.4 Å². The Kier molecular flexibility index (Phi) is 4.72. The Balaban J connectivity index is 1.95. The average Bonchev–Trinajstić information content (AvgIpc) is 2.45. The zero-order valence-corrected chi connectivity index (χ0v) is 12.1. The number of allylic oxidation sites excluding steroid dienone is 4. The van der Waals surface area contributed by atoms with Crippen LogP contribution in [-0.2, 0) is 9.53 Å². The van der Waals surface area contributed by atoms with Gasteiger partial charge in [-0.15, -0.1) is 11.6 Å². The topological polar surface area (TPSA) is 70.3 Å². The van der Waals surface area contributed by atoms with Crippen molar-refractivity contribution >= 4 is 17.6 Å². The van der Waals surface area contributed by atoms with E-state index in [0.717, 1.165) is 18.6 Å². The van der Waals surface area contributed by atoms with Crippen LogP contribution in [0.3, 0.4) is 0 Å². The van der Waals surface area contributed by atoms with Crippen molar-refractivity contribution in [2.24, 2.45) is 11.8 Å². The number of rotatable bonds is 3. The second-order valence-electron chi connectivity index (χ2n) is 5.42. The molecule has 2 aliphatic carbocycles. The molecule has 1 saturated carbocycles. The zero-order chi connectivity index (χ0) is 14.7. The van der Waals surface area contributed by atoms with Crippen LogP contribution in [0.5, 0.6) is 0 Å². The van der Waals surface area contributed by atoms with Crippen molar-refractivity contribution in [1.82, 2.24) is 0 Å². The van der Waals surface area contributed by atoms with Gasteiger partial charge in [-0.25, -0.2) is 0 Å². The van der Waals surface area contributed by atoms with Crippen LogP contribution in [0.1, 0.15) is 32.6 Å². The number of hydrogen-bond donors (Lipinski definition) is 1. The number of alkyl halides is 1. The molecular weight excluding hydrogens is 278 g/mol. The summed E-state index contributed by atoms with van der Waals surface area (Å²) in [4.78, 5) is 10.9. The first-order chi connectivity index (χ1) is 9.52. The molecule has 20 heavy (non-hydrogen) atoms. The second-order valence-corrected chi connectivity index (χ2v) is 5.89. The molecule has 108 valence electrons. The van der Waals surface area contributed by atoms with Crippen molar-refractivity contribution in [3.63, 3.8) is 0 Å². The van der Waals surface area contributed by atoms with E-state index in [1.165, 1.54) is 0 Å². The number of nitrogens with zero attached hydrogens (tertiary/aromatic N) is 1. The van der Waals surface area contributed by atoms with Crippen LogP contribution in [0.2, 0.25) is 0 Å². The number of hydrogen-bond acceptors (Lipinski definition) is 3. The smallest absolute Gasteiger partial charge is 0.306 e. The van der Waals surface area contributed by atoms with E-state index in [1.807, 2.05) is 13.0 Å². The molecule has 4 nitrogen and oxygen atoms in total. The normalized spacial score (nSPS) is 33.6. The highest BCUT2D eigenvalue weighted by atomic mass is 35.5. The van der Waals surface area contributed by atoms with Gasteiger partial charge < -0.3 is 9.84 Å². The SMILES string of the molecule is CC1C(O[C@H]2CC[C@H](C(=O)O)CC2)=CC=C(C#N)C1Cl. The molecule has 1 N–H and O–H groups in total. The number of halogens is 1. The summed E-state index contributed by atoms with van der Waals surface area (Å²) < 4.78 is 5.97. The van der Waals surface area contributed by atoms with Gasteiger partial charge in [0, 0.05) is 11.5 Å². The monoisotopic (exact) mass is 295 g/mol. The van der Waals surface area contributed by atoms with Crippen molar-refractivity contribution in [1.29, 1.82) is 5.26 Å². The van der Waals surface area contributed by atoms with E-state index in [4.69, 9.17) is 26.7 Å². The van der Waals surface area contributed by atoms with Gasteiger partial charge in [-0.1, -0.05) is 6.92 Å². The third kappa shape index (κ3) is 3.16. The van der Waals surface area contributed by atoms with Gasteiger partial charge in [-0.2, -0.15) is 5.26 Å². The lowest BCUT2D eigenvalue weighted by molar-refractivity contribution is -0.143. The lowest BCUT2D eigenvalue weighted by Crippen LogP contribution is -2.28. The molecule has 0 saturated heterocycles. The first-order valence-corrected chi connectivity index (χ1v) is 7.32. The molecule has 0 aliphatic heterocycles. The lowest BCUT2D eigenvalue weighted by atomic mass is 9.87. The van der Waals surface area contributed by atoms with E-state index in [9.17, 15) is 4.79 Å². The molecular formula is C15H18ClNO3. The number of carbonyl (C=O) groups is 1. The molecule has 1 fully saturated rings. The summed E-state index contributed by atoms with van der Waals surface area (Å²) >= 11 is 6.22. The number of nitriles is 1. The van der Waals surface area contributed by atoms with Crippen molar-refractivity contribution in [3.05, 3.63) is 23.5 Å². The van der Waals surface area contributed by atoms with E-state index in [2.05, 4.69) is 6.07 Å². The zero-order valence-electron chi connectivity index (χ0n) is 11.4. The van der Waals surface area contributed by atoms with Gasteiger partial charge in [-0.05, 0) is 37.8 Å². The summed E-state index contributed by atoms with van der Waals surface area (Å²) in [6.07, 6.45) is 6.39. The average molecular weight is 296 g/mol. The number of ether oxygens (including phenoxy) is 1. The number of carboxylic acids is 1. The molecule has 0 amide bonds. The molecule has 2 atom stereocenters. The summed E-state index contributed by atoms with van der Waals surface area (Å²) in [6.45, 7) is 1.94. The van der Waals surface area contributed by atoms with Crippen molar-refractivity contribution in [2.45, 2.75) is 44.1 Å². The summed E-state index contributed by atoms with van der Waals surface area (Å²) in [5.74, 6) is -0.189. The molecule has 0 heterocycles. The van der Waals surface area contributed by atoms with Gasteiger partial charge in [0.15, 0.2) is 0 Å². The second kappa shape index (κ2) is 6.32. The summed E-state index contributed by atoms with van der Waals surface area (Å²) in [5, 5.41) is 17.6. The van der Waals surface area contributed by atoms with Gasteiger partial charge in [0.2, 0.25) is 0 Å². The predicted octanol–water partition coefficient (Wildman–Crippen LogP) is 3.24. The summed E-state index contributed by atoms with van der Waals surface area (Å²) in [6, 6.07) is 2.09. The van der Waals surface area contributed by atoms with Crippen LogP contribution in [0.4, 0.5) is 0 Å². The molecule has 5 heteroatoms. The number of carboxylic acid groups (broad SMARTS) is 1. The molecule has 2 rings (SSSR count). The third-order valence-corrected chi connectivity index (χ3v) is 4.68. The largest absolute Gasteiger partial charge is 0.494 e. The van der Waals surface area contributed by atoms with Crippen LogP contribution < -0.4 is 0 Å². The minimum Gasteiger partial charge on any atom is -0.494 e. The van der Waals surface area contributed by atoms with Crippen LogP contribution in [-0.4, -0.2) is 22.6 Å². The maximum atomic E-state index is 10.9. The maximum absolute atomic E-state index is 10.9. The van der Waals surface area contributed by atoms with Crippen LogP contribution >= 0.6 is 11.6 Å².